The summed E-state index contributed by atoms with van der Waals surface area (Å²) in [6, 6.07) is 4.39. The van der Waals surface area contributed by atoms with E-state index < -0.39 is 18.6 Å². The lowest BCUT2D eigenvalue weighted by Gasteiger charge is -2.08. The quantitative estimate of drug-likeness (QED) is 0.857. The van der Waals surface area contributed by atoms with Gasteiger partial charge < -0.3 is 5.32 Å². The van der Waals surface area contributed by atoms with E-state index in [2.05, 4.69) is 4.98 Å². The fourth-order valence-electron chi connectivity index (χ4n) is 1.08. The molecule has 0 bridgehead atoms. The number of carbonyl (C=O) groups excluding carboxylic acids is 1. The molecule has 1 aromatic rings. The summed E-state index contributed by atoms with van der Waals surface area (Å²) in [7, 11) is 0. The molecule has 0 unspecified atom stereocenters. The van der Waals surface area contributed by atoms with E-state index in [4.69, 9.17) is 5.26 Å². The van der Waals surface area contributed by atoms with Crippen LogP contribution in [0.5, 0.6) is 0 Å². The van der Waals surface area contributed by atoms with Gasteiger partial charge in [0, 0.05) is 0 Å². The Balaban J connectivity index is 2.78. The van der Waals surface area contributed by atoms with Crippen LogP contribution in [-0.2, 0) is 0 Å². The van der Waals surface area contributed by atoms with Gasteiger partial charge in [-0.25, -0.2) is 4.98 Å². The van der Waals surface area contributed by atoms with Crippen LogP contribution in [0.15, 0.2) is 12.1 Å². The van der Waals surface area contributed by atoms with Crippen LogP contribution < -0.4 is 5.32 Å². The highest BCUT2D eigenvalue weighted by Gasteiger charge is 2.28. The number of halogens is 3. The van der Waals surface area contributed by atoms with E-state index in [1.165, 1.54) is 19.1 Å². The molecule has 1 heterocycles. The number of nitrogens with one attached hydrogen (secondary N) is 1. The van der Waals surface area contributed by atoms with Gasteiger partial charge in [-0.15, -0.1) is 0 Å². The van der Waals surface area contributed by atoms with Gasteiger partial charge in [0.1, 0.15) is 18.3 Å². The summed E-state index contributed by atoms with van der Waals surface area (Å²) in [5.41, 5.74) is 0.426. The summed E-state index contributed by atoms with van der Waals surface area (Å²) in [6.45, 7) is 0.0889. The molecule has 0 aliphatic carbocycles. The maximum absolute atomic E-state index is 11.9. The summed E-state index contributed by atoms with van der Waals surface area (Å²) in [4.78, 5) is 15.0. The molecule has 1 N–H and O–H groups in total. The van der Waals surface area contributed by atoms with E-state index >= 15 is 0 Å². The van der Waals surface area contributed by atoms with Gasteiger partial charge in [0.2, 0.25) is 0 Å². The molecule has 90 valence electrons. The lowest BCUT2D eigenvalue weighted by Crippen LogP contribution is -2.34. The number of nitrogens with zero attached hydrogens (tertiary/aromatic N) is 2. The average Bonchev–Trinajstić information content (AvgIpc) is 2.24. The lowest BCUT2D eigenvalue weighted by molar-refractivity contribution is -0.123. The normalized spacial score (nSPS) is 10.8. The van der Waals surface area contributed by atoms with Crippen LogP contribution in [-0.4, -0.2) is 23.6 Å². The molecule has 7 heteroatoms. The first-order valence-electron chi connectivity index (χ1n) is 4.56. The predicted molar refractivity (Wildman–Crippen MR) is 52.1 cm³/mol. The molecule has 0 aliphatic rings. The van der Waals surface area contributed by atoms with Crippen LogP contribution in [0, 0.1) is 18.3 Å². The highest BCUT2D eigenvalue weighted by Crippen LogP contribution is 2.12. The second-order valence-corrected chi connectivity index (χ2v) is 3.24. The Bertz CT molecular complexity index is 477. The van der Waals surface area contributed by atoms with Gasteiger partial charge in [-0.05, 0) is 19.1 Å². The van der Waals surface area contributed by atoms with E-state index in [0.29, 0.717) is 5.69 Å². The minimum atomic E-state index is -4.46. The van der Waals surface area contributed by atoms with Gasteiger partial charge >= 0.3 is 6.18 Å². The second kappa shape index (κ2) is 4.82. The summed E-state index contributed by atoms with van der Waals surface area (Å²) >= 11 is 0. The molecule has 17 heavy (non-hydrogen) atoms. The molecular weight excluding hydrogens is 235 g/mol. The number of aryl methyl sites for hydroxylation is 1. The van der Waals surface area contributed by atoms with Crippen LogP contribution in [0.2, 0.25) is 0 Å². The Labute approximate surface area is 95.1 Å². The minimum Gasteiger partial charge on any atom is -0.342 e. The topological polar surface area (TPSA) is 65.8 Å². The molecule has 0 saturated heterocycles. The summed E-state index contributed by atoms with van der Waals surface area (Å²) < 4.78 is 35.6. The van der Waals surface area contributed by atoms with E-state index in [1.54, 1.807) is 5.32 Å². The van der Waals surface area contributed by atoms with Crippen molar-refractivity contribution in [2.45, 2.75) is 13.1 Å². The maximum Gasteiger partial charge on any atom is 0.405 e. The standard InChI is InChI=1S/C10H8F3N3O/c1-6-7(4-14)2-3-8(16-6)9(17)15-5-10(11,12)13/h2-3H,5H2,1H3,(H,15,17). The third kappa shape index (κ3) is 3.75. The van der Waals surface area contributed by atoms with Gasteiger partial charge in [0.15, 0.2) is 0 Å². The van der Waals surface area contributed by atoms with Crippen LogP contribution in [0.25, 0.3) is 0 Å². The highest BCUT2D eigenvalue weighted by molar-refractivity contribution is 5.92. The predicted octanol–water partition coefficient (Wildman–Crippen LogP) is 1.55. The first-order chi connectivity index (χ1) is 7.83. The zero-order valence-electron chi connectivity index (χ0n) is 8.80. The molecular formula is C10H8F3N3O. The number of rotatable bonds is 2. The van der Waals surface area contributed by atoms with Gasteiger partial charge in [-0.3, -0.25) is 4.79 Å². The molecule has 0 spiro atoms. The molecule has 0 aliphatic heterocycles. The number of aromatic nitrogens is 1. The molecule has 1 aromatic heterocycles. The molecule has 1 amide bonds. The maximum atomic E-state index is 11.9. The molecule has 0 radical (unpaired) electrons. The van der Waals surface area contributed by atoms with Crippen molar-refractivity contribution >= 4 is 5.91 Å². The number of carbonyl (C=O) groups is 1. The Kier molecular flexibility index (Phi) is 3.68. The minimum absolute atomic E-state index is 0.147. The van der Waals surface area contributed by atoms with Gasteiger partial charge in [0.25, 0.3) is 5.91 Å². The summed E-state index contributed by atoms with van der Waals surface area (Å²) in [5.74, 6) is -0.921. The van der Waals surface area contributed by atoms with Crippen LogP contribution in [0.1, 0.15) is 21.7 Å². The Morgan fingerprint density at radius 3 is 2.65 bits per heavy atom. The molecule has 0 fully saturated rings. The van der Waals surface area contributed by atoms with E-state index in [-0.39, 0.29) is 11.3 Å². The fourth-order valence-corrected chi connectivity index (χ4v) is 1.08. The third-order valence-corrected chi connectivity index (χ3v) is 1.89. The molecule has 0 atom stereocenters. The smallest absolute Gasteiger partial charge is 0.342 e. The van der Waals surface area contributed by atoms with Crippen molar-refractivity contribution in [3.63, 3.8) is 0 Å². The van der Waals surface area contributed by atoms with Gasteiger partial charge in [-0.2, -0.15) is 18.4 Å². The summed E-state index contributed by atoms with van der Waals surface area (Å²) in [5, 5.41) is 10.3. The molecule has 0 aromatic carbocycles. The number of hydrogen-bond donors (Lipinski definition) is 1. The zero-order chi connectivity index (χ0) is 13.1. The van der Waals surface area contributed by atoms with Crippen molar-refractivity contribution in [3.8, 4) is 6.07 Å². The Morgan fingerprint density at radius 1 is 1.53 bits per heavy atom. The molecule has 4 nitrogen and oxygen atoms in total. The Morgan fingerprint density at radius 2 is 2.18 bits per heavy atom. The van der Waals surface area contributed by atoms with Crippen molar-refractivity contribution in [1.82, 2.24) is 10.3 Å². The fraction of sp³-hybridized carbons (Fsp3) is 0.300. The average molecular weight is 243 g/mol. The monoisotopic (exact) mass is 243 g/mol. The van der Waals surface area contributed by atoms with Crippen molar-refractivity contribution in [3.05, 3.63) is 29.1 Å². The first-order valence-corrected chi connectivity index (χ1v) is 4.56. The van der Waals surface area contributed by atoms with Crippen molar-refractivity contribution in [2.75, 3.05) is 6.54 Å². The largest absolute Gasteiger partial charge is 0.405 e. The van der Waals surface area contributed by atoms with Gasteiger partial charge in [0.05, 0.1) is 11.3 Å². The van der Waals surface area contributed by atoms with Crippen molar-refractivity contribution in [1.29, 1.82) is 5.26 Å². The van der Waals surface area contributed by atoms with Crippen molar-refractivity contribution in [2.24, 2.45) is 0 Å². The number of amides is 1. The molecule has 1 rings (SSSR count). The summed E-state index contributed by atoms with van der Waals surface area (Å²) in [6.07, 6.45) is -4.46. The van der Waals surface area contributed by atoms with Gasteiger partial charge in [-0.1, -0.05) is 0 Å². The highest BCUT2D eigenvalue weighted by atomic mass is 19.4. The SMILES string of the molecule is Cc1nc(C(=O)NCC(F)(F)F)ccc1C#N. The first kappa shape index (κ1) is 13.0. The zero-order valence-corrected chi connectivity index (χ0v) is 8.80. The van der Waals surface area contributed by atoms with E-state index in [1.807, 2.05) is 6.07 Å². The van der Waals surface area contributed by atoms with Crippen LogP contribution >= 0.6 is 0 Å². The van der Waals surface area contributed by atoms with Crippen LogP contribution in [0.4, 0.5) is 13.2 Å². The van der Waals surface area contributed by atoms with Crippen LogP contribution in [0.3, 0.4) is 0 Å². The second-order valence-electron chi connectivity index (χ2n) is 3.24. The number of hydrogen-bond acceptors (Lipinski definition) is 3. The number of pyridine rings is 1. The van der Waals surface area contributed by atoms with E-state index in [9.17, 15) is 18.0 Å². The number of nitriles is 1. The van der Waals surface area contributed by atoms with E-state index in [0.717, 1.165) is 0 Å². The molecule has 0 saturated carbocycles. The third-order valence-electron chi connectivity index (χ3n) is 1.89. The number of alkyl halides is 3. The Hall–Kier alpha value is -2.10. The van der Waals surface area contributed by atoms with Crippen molar-refractivity contribution < 1.29 is 18.0 Å². The lowest BCUT2D eigenvalue weighted by atomic mass is 10.2.